The SMILES string of the molecule is O=C1C=CC(=O)C(S(=O)(=O)O)C1=O. The van der Waals surface area contributed by atoms with E-state index in [1.54, 1.807) is 0 Å². The first-order valence-electron chi connectivity index (χ1n) is 3.10. The van der Waals surface area contributed by atoms with Crippen molar-refractivity contribution in [1.29, 1.82) is 0 Å². The van der Waals surface area contributed by atoms with Crippen LogP contribution in [0.15, 0.2) is 12.2 Å². The van der Waals surface area contributed by atoms with E-state index in [1.807, 2.05) is 0 Å². The predicted molar refractivity (Wildman–Crippen MR) is 39.5 cm³/mol. The number of carbonyl (C=O) groups excluding carboxylic acids is 3. The molecule has 0 aliphatic heterocycles. The molecule has 0 fully saturated rings. The lowest BCUT2D eigenvalue weighted by molar-refractivity contribution is -0.136. The summed E-state index contributed by atoms with van der Waals surface area (Å²) in [6.45, 7) is 0. The lowest BCUT2D eigenvalue weighted by Gasteiger charge is -2.10. The fraction of sp³-hybridized carbons (Fsp3) is 0.167. The Hall–Kier alpha value is -1.34. The van der Waals surface area contributed by atoms with E-state index in [4.69, 9.17) is 4.55 Å². The minimum Gasteiger partial charge on any atom is -0.293 e. The lowest BCUT2D eigenvalue weighted by atomic mass is 10.0. The normalized spacial score (nSPS) is 23.8. The summed E-state index contributed by atoms with van der Waals surface area (Å²) in [6, 6.07) is 0. The maximum atomic E-state index is 10.8. The number of Topliss-reactive ketones (excluding diaryl/α,β-unsaturated/α-hetero) is 1. The van der Waals surface area contributed by atoms with Crippen LogP contribution in [-0.2, 0) is 24.5 Å². The van der Waals surface area contributed by atoms with Crippen molar-refractivity contribution < 1.29 is 27.4 Å². The Labute approximate surface area is 73.0 Å². The molecule has 1 rings (SSSR count). The van der Waals surface area contributed by atoms with Crippen LogP contribution in [0.4, 0.5) is 0 Å². The van der Waals surface area contributed by atoms with Crippen LogP contribution in [0.5, 0.6) is 0 Å². The second-order valence-corrected chi connectivity index (χ2v) is 3.86. The van der Waals surface area contributed by atoms with Crippen molar-refractivity contribution in [2.75, 3.05) is 0 Å². The first-order valence-corrected chi connectivity index (χ1v) is 4.61. The highest BCUT2D eigenvalue weighted by atomic mass is 32.2. The molecule has 13 heavy (non-hydrogen) atoms. The molecule has 1 unspecified atom stereocenters. The Balaban J connectivity index is 3.26. The van der Waals surface area contributed by atoms with E-state index in [0.29, 0.717) is 12.2 Å². The molecule has 0 heterocycles. The number of rotatable bonds is 1. The molecule has 1 aliphatic rings. The maximum Gasteiger partial charge on any atom is 0.283 e. The third kappa shape index (κ3) is 1.70. The summed E-state index contributed by atoms with van der Waals surface area (Å²) in [5, 5.41) is -2.27. The van der Waals surface area contributed by atoms with Gasteiger partial charge in [-0.1, -0.05) is 0 Å². The number of carbonyl (C=O) groups is 3. The maximum absolute atomic E-state index is 10.8. The van der Waals surface area contributed by atoms with Crippen LogP contribution in [0.25, 0.3) is 0 Å². The molecular weight excluding hydrogens is 200 g/mol. The quantitative estimate of drug-likeness (QED) is 0.317. The molecule has 6 nitrogen and oxygen atoms in total. The summed E-state index contributed by atoms with van der Waals surface area (Å²) in [7, 11) is -4.83. The molecular formula is C6H4O6S. The molecule has 0 aromatic carbocycles. The number of hydrogen-bond acceptors (Lipinski definition) is 5. The smallest absolute Gasteiger partial charge is 0.283 e. The molecule has 70 valence electrons. The molecule has 0 saturated heterocycles. The Bertz CT molecular complexity index is 414. The van der Waals surface area contributed by atoms with E-state index in [1.165, 1.54) is 0 Å². The molecule has 1 N–H and O–H groups in total. The monoisotopic (exact) mass is 204 g/mol. The highest BCUT2D eigenvalue weighted by Crippen LogP contribution is 2.09. The molecule has 0 bridgehead atoms. The fourth-order valence-corrected chi connectivity index (χ4v) is 1.63. The largest absolute Gasteiger partial charge is 0.293 e. The van der Waals surface area contributed by atoms with Crippen LogP contribution >= 0.6 is 0 Å². The summed E-state index contributed by atoms with van der Waals surface area (Å²) >= 11 is 0. The van der Waals surface area contributed by atoms with Crippen molar-refractivity contribution in [3.05, 3.63) is 12.2 Å². The predicted octanol–water partition coefficient (Wildman–Crippen LogP) is -1.48. The summed E-state index contributed by atoms with van der Waals surface area (Å²) in [5.74, 6) is -3.63. The van der Waals surface area contributed by atoms with Gasteiger partial charge in [0.2, 0.25) is 16.8 Å². The van der Waals surface area contributed by atoms with Crippen molar-refractivity contribution in [2.45, 2.75) is 5.25 Å². The van der Waals surface area contributed by atoms with Crippen molar-refractivity contribution in [1.82, 2.24) is 0 Å². The van der Waals surface area contributed by atoms with E-state index in [2.05, 4.69) is 0 Å². The molecule has 1 atom stereocenters. The Morgan fingerprint density at radius 3 is 2.08 bits per heavy atom. The Morgan fingerprint density at radius 1 is 1.15 bits per heavy atom. The van der Waals surface area contributed by atoms with Crippen molar-refractivity contribution in [3.63, 3.8) is 0 Å². The van der Waals surface area contributed by atoms with Gasteiger partial charge in [0.25, 0.3) is 10.1 Å². The van der Waals surface area contributed by atoms with Crippen LogP contribution in [-0.4, -0.2) is 35.6 Å². The number of allylic oxidation sites excluding steroid dienone is 2. The first kappa shape index (κ1) is 9.75. The van der Waals surface area contributed by atoms with E-state index in [0.717, 1.165) is 0 Å². The molecule has 0 aromatic rings. The van der Waals surface area contributed by atoms with Crippen molar-refractivity contribution in [3.8, 4) is 0 Å². The van der Waals surface area contributed by atoms with E-state index < -0.39 is 32.7 Å². The van der Waals surface area contributed by atoms with Gasteiger partial charge in [-0.05, 0) is 12.2 Å². The van der Waals surface area contributed by atoms with Crippen LogP contribution < -0.4 is 0 Å². The zero-order chi connectivity index (χ0) is 10.2. The Kier molecular flexibility index (Phi) is 2.14. The Morgan fingerprint density at radius 2 is 1.69 bits per heavy atom. The van der Waals surface area contributed by atoms with Gasteiger partial charge >= 0.3 is 0 Å². The van der Waals surface area contributed by atoms with Gasteiger partial charge in [-0.25, -0.2) is 0 Å². The standard InChI is InChI=1S/C6H4O6S/c7-3-1-2-4(8)6(5(3)9)13(10,11)12/h1-2,6H,(H,10,11,12). The summed E-state index contributed by atoms with van der Waals surface area (Å²) in [4.78, 5) is 32.3. The zero-order valence-corrected chi connectivity index (χ0v) is 6.95. The van der Waals surface area contributed by atoms with Crippen LogP contribution in [0.3, 0.4) is 0 Å². The fourth-order valence-electron chi connectivity index (χ4n) is 0.868. The summed E-state index contributed by atoms with van der Waals surface area (Å²) < 4.78 is 29.4. The van der Waals surface area contributed by atoms with Gasteiger partial charge in [0.05, 0.1) is 0 Å². The molecule has 0 aromatic heterocycles. The molecule has 0 amide bonds. The van der Waals surface area contributed by atoms with Gasteiger partial charge < -0.3 is 0 Å². The second-order valence-electron chi connectivity index (χ2n) is 2.36. The van der Waals surface area contributed by atoms with E-state index in [9.17, 15) is 22.8 Å². The van der Waals surface area contributed by atoms with Gasteiger partial charge in [0, 0.05) is 0 Å². The van der Waals surface area contributed by atoms with Crippen LogP contribution in [0.1, 0.15) is 0 Å². The third-order valence-corrected chi connectivity index (χ3v) is 2.48. The minimum atomic E-state index is -4.83. The van der Waals surface area contributed by atoms with Crippen LogP contribution in [0, 0.1) is 0 Å². The van der Waals surface area contributed by atoms with Crippen LogP contribution in [0.2, 0.25) is 0 Å². The van der Waals surface area contributed by atoms with Gasteiger partial charge in [-0.15, -0.1) is 0 Å². The van der Waals surface area contributed by atoms with Crippen molar-refractivity contribution >= 4 is 27.5 Å². The summed E-state index contributed by atoms with van der Waals surface area (Å²) in [5.41, 5.74) is 0. The average molecular weight is 204 g/mol. The number of hydrogen-bond donors (Lipinski definition) is 1. The van der Waals surface area contributed by atoms with Gasteiger partial charge in [0.15, 0.2) is 5.78 Å². The summed E-state index contributed by atoms with van der Waals surface area (Å²) in [6.07, 6.45) is 1.33. The van der Waals surface area contributed by atoms with Gasteiger partial charge in [-0.2, -0.15) is 8.42 Å². The number of ketones is 3. The zero-order valence-electron chi connectivity index (χ0n) is 6.13. The minimum absolute atomic E-state index is 0.655. The topological polar surface area (TPSA) is 106 Å². The molecule has 0 saturated carbocycles. The van der Waals surface area contributed by atoms with Gasteiger partial charge in [-0.3, -0.25) is 18.9 Å². The highest BCUT2D eigenvalue weighted by Gasteiger charge is 2.41. The molecule has 0 radical (unpaired) electrons. The molecule has 1 aliphatic carbocycles. The molecule has 0 spiro atoms. The lowest BCUT2D eigenvalue weighted by Crippen LogP contribution is -2.42. The van der Waals surface area contributed by atoms with E-state index >= 15 is 0 Å². The van der Waals surface area contributed by atoms with Crippen molar-refractivity contribution in [2.24, 2.45) is 0 Å². The van der Waals surface area contributed by atoms with E-state index in [-0.39, 0.29) is 0 Å². The average Bonchev–Trinajstić information content (AvgIpc) is 1.95. The first-order chi connectivity index (χ1) is 5.84. The highest BCUT2D eigenvalue weighted by molar-refractivity contribution is 7.88. The van der Waals surface area contributed by atoms with Gasteiger partial charge in [0.1, 0.15) is 0 Å². The molecule has 7 heteroatoms. The third-order valence-electron chi connectivity index (χ3n) is 1.44. The second kappa shape index (κ2) is 2.86.